The first-order valence-electron chi connectivity index (χ1n) is 9.85. The Hall–Kier alpha value is 0.0175. The minimum absolute atomic E-state index is 0.862. The Labute approximate surface area is 173 Å². The van der Waals surface area contributed by atoms with Gasteiger partial charge < -0.3 is 22.1 Å². The van der Waals surface area contributed by atoms with Crippen LogP contribution in [0, 0.1) is 0 Å². The first-order valence-corrected chi connectivity index (χ1v) is 22.0. The van der Waals surface area contributed by atoms with Crippen molar-refractivity contribution in [3.8, 4) is 0 Å². The minimum atomic E-state index is -2.74. The third-order valence-electron chi connectivity index (χ3n) is 3.30. The van der Waals surface area contributed by atoms with E-state index in [4.69, 9.17) is 12.3 Å². The summed E-state index contributed by atoms with van der Waals surface area (Å²) in [4.78, 5) is 8.62. The molecule has 0 unspecified atom stereocenters. The van der Waals surface area contributed by atoms with Crippen LogP contribution in [0.4, 0.5) is 0 Å². The van der Waals surface area contributed by atoms with Gasteiger partial charge in [-0.3, -0.25) is 4.99 Å². The molecule has 0 atom stereocenters. The Bertz CT molecular complexity index is 442. The molecule has 0 aromatic rings. The standard InChI is InChI=1S/C17H45N3O3Si4/c1-18-17(19(2)3)20(4)15-14-16-27(21-24(5,6)7,22-25(8,9)10)23-26(11,12)13/h14-16H2,1-13H3. The summed E-state index contributed by atoms with van der Waals surface area (Å²) in [6, 6.07) is 0.862. The van der Waals surface area contributed by atoms with Gasteiger partial charge in [-0.2, -0.15) is 0 Å². The van der Waals surface area contributed by atoms with E-state index < -0.39 is 33.8 Å². The van der Waals surface area contributed by atoms with Gasteiger partial charge in [0, 0.05) is 40.8 Å². The molecule has 0 saturated heterocycles. The lowest BCUT2D eigenvalue weighted by molar-refractivity contribution is 0.248. The van der Waals surface area contributed by atoms with Crippen LogP contribution >= 0.6 is 0 Å². The molecule has 6 nitrogen and oxygen atoms in total. The summed E-state index contributed by atoms with van der Waals surface area (Å²) >= 11 is 0. The summed E-state index contributed by atoms with van der Waals surface area (Å²) < 4.78 is 20.2. The SMILES string of the molecule is CN=C(N(C)C)N(C)CCC[Si](O[Si](C)(C)C)(O[Si](C)(C)C)O[Si](C)(C)C. The fourth-order valence-corrected chi connectivity index (χ4v) is 17.6. The molecule has 0 fully saturated rings. The number of hydrogen-bond acceptors (Lipinski definition) is 4. The van der Waals surface area contributed by atoms with Gasteiger partial charge in [0.15, 0.2) is 30.9 Å². The zero-order chi connectivity index (χ0) is 21.7. The Morgan fingerprint density at radius 1 is 0.741 bits per heavy atom. The number of aliphatic imine (C=N–C) groups is 1. The molecule has 10 heteroatoms. The topological polar surface area (TPSA) is 46.5 Å². The van der Waals surface area contributed by atoms with E-state index in [0.717, 1.165) is 25.0 Å². The Balaban J connectivity index is 5.49. The third kappa shape index (κ3) is 12.2. The van der Waals surface area contributed by atoms with Crippen LogP contribution in [0.1, 0.15) is 6.42 Å². The fraction of sp³-hybridized carbons (Fsp3) is 0.941. The largest absolute Gasteiger partial charge is 0.469 e. The number of rotatable bonds is 10. The average Bonchev–Trinajstić information content (AvgIpc) is 2.31. The van der Waals surface area contributed by atoms with E-state index in [1.165, 1.54) is 0 Å². The lowest BCUT2D eigenvalue weighted by atomic mass is 10.4. The molecule has 0 spiro atoms. The quantitative estimate of drug-likeness (QED) is 0.281. The van der Waals surface area contributed by atoms with Crippen molar-refractivity contribution in [1.82, 2.24) is 9.80 Å². The van der Waals surface area contributed by atoms with Gasteiger partial charge in [0.2, 0.25) is 0 Å². The number of nitrogens with zero attached hydrogens (tertiary/aromatic N) is 3. The first-order chi connectivity index (χ1) is 11.9. The smallest absolute Gasteiger partial charge is 0.417 e. The molecule has 0 aliphatic heterocycles. The maximum atomic E-state index is 6.74. The van der Waals surface area contributed by atoms with Crippen molar-refractivity contribution >= 4 is 39.7 Å². The van der Waals surface area contributed by atoms with Gasteiger partial charge in [0.1, 0.15) is 0 Å². The van der Waals surface area contributed by atoms with E-state index in [0.29, 0.717) is 0 Å². The zero-order valence-corrected chi connectivity index (χ0v) is 24.2. The predicted octanol–water partition coefficient (Wildman–Crippen LogP) is 4.35. The van der Waals surface area contributed by atoms with Crippen LogP contribution in [0.15, 0.2) is 4.99 Å². The molecule has 0 N–H and O–H groups in total. The van der Waals surface area contributed by atoms with Crippen LogP contribution < -0.4 is 0 Å². The molecule has 0 aliphatic carbocycles. The summed E-state index contributed by atoms with van der Waals surface area (Å²) in [5.41, 5.74) is 0. The van der Waals surface area contributed by atoms with Crippen LogP contribution in [-0.2, 0) is 12.3 Å². The average molecular weight is 452 g/mol. The van der Waals surface area contributed by atoms with Gasteiger partial charge in [0.05, 0.1) is 0 Å². The van der Waals surface area contributed by atoms with Crippen molar-refractivity contribution in [3.05, 3.63) is 0 Å². The molecule has 0 aliphatic rings. The molecule has 0 aromatic carbocycles. The van der Waals surface area contributed by atoms with Crippen molar-refractivity contribution in [1.29, 1.82) is 0 Å². The van der Waals surface area contributed by atoms with Crippen LogP contribution in [0.5, 0.6) is 0 Å². The Morgan fingerprint density at radius 3 is 1.37 bits per heavy atom. The second-order valence-electron chi connectivity index (χ2n) is 10.3. The van der Waals surface area contributed by atoms with E-state index in [2.05, 4.69) is 75.9 Å². The summed E-state index contributed by atoms with van der Waals surface area (Å²) in [6.45, 7) is 21.0. The second kappa shape index (κ2) is 10.2. The van der Waals surface area contributed by atoms with Gasteiger partial charge in [-0.1, -0.05) is 0 Å². The predicted molar refractivity (Wildman–Crippen MR) is 128 cm³/mol. The fourth-order valence-electron chi connectivity index (χ4n) is 2.96. The van der Waals surface area contributed by atoms with E-state index in [-0.39, 0.29) is 0 Å². The van der Waals surface area contributed by atoms with Crippen LogP contribution in [0.2, 0.25) is 65.0 Å². The van der Waals surface area contributed by atoms with E-state index in [1.54, 1.807) is 0 Å². The van der Waals surface area contributed by atoms with Crippen LogP contribution in [0.25, 0.3) is 0 Å². The van der Waals surface area contributed by atoms with E-state index in [1.807, 2.05) is 26.0 Å². The highest BCUT2D eigenvalue weighted by molar-refractivity contribution is 6.90. The molecule has 0 rings (SSSR count). The second-order valence-corrected chi connectivity index (χ2v) is 27.3. The van der Waals surface area contributed by atoms with E-state index >= 15 is 0 Å². The van der Waals surface area contributed by atoms with Crippen LogP contribution in [0.3, 0.4) is 0 Å². The van der Waals surface area contributed by atoms with Gasteiger partial charge in [0.25, 0.3) is 0 Å². The van der Waals surface area contributed by atoms with Gasteiger partial charge in [-0.25, -0.2) is 0 Å². The third-order valence-corrected chi connectivity index (χ3v) is 15.3. The lowest BCUT2D eigenvalue weighted by Crippen LogP contribution is -2.60. The maximum absolute atomic E-state index is 6.74. The molecule has 0 heterocycles. The molecular formula is C17H45N3O3Si4. The Morgan fingerprint density at radius 2 is 1.11 bits per heavy atom. The first kappa shape index (κ1) is 27.0. The molecule has 0 saturated carbocycles. The highest BCUT2D eigenvalue weighted by atomic mass is 28.5. The molecular weight excluding hydrogens is 407 g/mol. The summed E-state index contributed by atoms with van der Waals surface area (Å²) in [6.07, 6.45) is 0.967. The highest BCUT2D eigenvalue weighted by Gasteiger charge is 2.49. The molecule has 0 radical (unpaired) electrons. The van der Waals surface area contributed by atoms with Crippen LogP contribution in [-0.4, -0.2) is 84.3 Å². The normalized spacial score (nSPS) is 14.5. The summed E-state index contributed by atoms with van der Waals surface area (Å²) in [5, 5.41) is 0. The Kier molecular flexibility index (Phi) is 10.2. The summed E-state index contributed by atoms with van der Waals surface area (Å²) in [5.74, 6) is 0.977. The molecule has 27 heavy (non-hydrogen) atoms. The van der Waals surface area contributed by atoms with Crippen molar-refractivity contribution in [3.63, 3.8) is 0 Å². The van der Waals surface area contributed by atoms with Gasteiger partial charge in [-0.05, 0) is 65.3 Å². The number of hydrogen-bond donors (Lipinski definition) is 0. The lowest BCUT2D eigenvalue weighted by Gasteiger charge is -2.43. The van der Waals surface area contributed by atoms with Crippen molar-refractivity contribution in [2.45, 2.75) is 71.4 Å². The van der Waals surface area contributed by atoms with E-state index in [9.17, 15) is 0 Å². The molecule has 162 valence electrons. The number of guanidine groups is 1. The van der Waals surface area contributed by atoms with Gasteiger partial charge >= 0.3 is 8.80 Å². The zero-order valence-electron chi connectivity index (χ0n) is 20.2. The maximum Gasteiger partial charge on any atom is 0.469 e. The van der Waals surface area contributed by atoms with Crippen molar-refractivity contribution in [2.24, 2.45) is 4.99 Å². The molecule has 0 amide bonds. The minimum Gasteiger partial charge on any atom is -0.417 e. The summed E-state index contributed by atoms with van der Waals surface area (Å²) in [7, 11) is -0.184. The van der Waals surface area contributed by atoms with Gasteiger partial charge in [-0.15, -0.1) is 0 Å². The molecule has 0 bridgehead atoms. The van der Waals surface area contributed by atoms with Crippen molar-refractivity contribution < 1.29 is 12.3 Å². The highest BCUT2D eigenvalue weighted by Crippen LogP contribution is 2.30. The van der Waals surface area contributed by atoms with Crippen molar-refractivity contribution in [2.75, 3.05) is 34.7 Å². The molecule has 0 aromatic heterocycles. The monoisotopic (exact) mass is 451 g/mol.